The van der Waals surface area contributed by atoms with Crippen molar-refractivity contribution in [2.45, 2.75) is 25.1 Å². The molecule has 0 saturated carbocycles. The molecule has 0 spiro atoms. The Kier molecular flexibility index (Phi) is 6.08. The summed E-state index contributed by atoms with van der Waals surface area (Å²) in [6.07, 6.45) is -1.11. The number of likely N-dealkylation sites (N-methyl/N-ethyl adjacent to an activating group) is 1. The molecule has 3 aromatic rings. The summed E-state index contributed by atoms with van der Waals surface area (Å²) >= 11 is 0. The molecule has 2 fully saturated rings. The molecule has 0 radical (unpaired) electrons. The lowest BCUT2D eigenvalue weighted by atomic mass is 9.99. The summed E-state index contributed by atoms with van der Waals surface area (Å²) in [4.78, 5) is 24.7. The van der Waals surface area contributed by atoms with Crippen molar-refractivity contribution in [2.75, 3.05) is 33.3 Å². The van der Waals surface area contributed by atoms with Crippen molar-refractivity contribution >= 4 is 16.9 Å². The maximum Gasteiger partial charge on any atom is 0.419 e. The van der Waals surface area contributed by atoms with E-state index in [2.05, 4.69) is 9.97 Å². The van der Waals surface area contributed by atoms with Crippen molar-refractivity contribution in [1.82, 2.24) is 24.3 Å². The zero-order valence-corrected chi connectivity index (χ0v) is 19.9. The maximum absolute atomic E-state index is 14.0. The second kappa shape index (κ2) is 9.09. The van der Waals surface area contributed by atoms with Gasteiger partial charge in [0, 0.05) is 43.2 Å². The van der Waals surface area contributed by atoms with Crippen LogP contribution in [0.15, 0.2) is 30.5 Å². The normalized spacial score (nSPS) is 18.9. The van der Waals surface area contributed by atoms with Gasteiger partial charge in [0.1, 0.15) is 17.5 Å². The third kappa shape index (κ3) is 4.37. The summed E-state index contributed by atoms with van der Waals surface area (Å²) in [7, 11) is 3.67. The molecule has 2 aliphatic rings. The molecule has 0 bridgehead atoms. The first-order valence-corrected chi connectivity index (χ1v) is 11.7. The fourth-order valence-electron chi connectivity index (χ4n) is 4.93. The van der Waals surface area contributed by atoms with Crippen LogP contribution in [0.25, 0.3) is 22.3 Å². The van der Waals surface area contributed by atoms with E-state index in [4.69, 9.17) is 4.74 Å². The monoisotopic (exact) mass is 498 g/mol. The smallest absolute Gasteiger partial charge is 0.419 e. The minimum absolute atomic E-state index is 0.0228. The highest BCUT2D eigenvalue weighted by molar-refractivity contribution is 5.91. The molecule has 5 rings (SSSR count). The standard InChI is InChI=1S/C25H25F3N6O2/c1-32-8-3-4-19(32)24(35)34-12-15(13-34)14-36-20-6-5-16(10-18(20)25(26,27)28)22-17-7-9-33(2)23(17)31-21(11-29)30-22/h5-7,9-10,15,19H,3-4,8,12-14H2,1-2H3. The number of aromatic nitrogens is 3. The quantitative estimate of drug-likeness (QED) is 0.536. The van der Waals surface area contributed by atoms with Gasteiger partial charge < -0.3 is 14.2 Å². The highest BCUT2D eigenvalue weighted by atomic mass is 19.4. The Morgan fingerprint density at radius 2 is 2.00 bits per heavy atom. The number of benzene rings is 1. The Bertz CT molecular complexity index is 1360. The highest BCUT2D eigenvalue weighted by Gasteiger charge is 2.39. The number of hydrogen-bond acceptors (Lipinski definition) is 6. The molecule has 1 amide bonds. The van der Waals surface area contributed by atoms with Gasteiger partial charge in [-0.15, -0.1) is 0 Å². The van der Waals surface area contributed by atoms with Gasteiger partial charge in [0.2, 0.25) is 11.7 Å². The second-order valence-corrected chi connectivity index (χ2v) is 9.44. The lowest BCUT2D eigenvalue weighted by molar-refractivity contribution is -0.143. The second-order valence-electron chi connectivity index (χ2n) is 9.44. The van der Waals surface area contributed by atoms with E-state index in [0.29, 0.717) is 24.1 Å². The largest absolute Gasteiger partial charge is 0.493 e. The zero-order valence-electron chi connectivity index (χ0n) is 19.9. The molecule has 1 aromatic carbocycles. The number of nitrogens with zero attached hydrogens (tertiary/aromatic N) is 6. The van der Waals surface area contributed by atoms with Crippen LogP contribution in [-0.4, -0.2) is 69.6 Å². The summed E-state index contributed by atoms with van der Waals surface area (Å²) in [5.41, 5.74) is 0.00413. The van der Waals surface area contributed by atoms with Crippen molar-refractivity contribution in [3.05, 3.63) is 41.9 Å². The molecule has 11 heteroatoms. The van der Waals surface area contributed by atoms with Gasteiger partial charge in [0.15, 0.2) is 0 Å². The minimum Gasteiger partial charge on any atom is -0.493 e. The molecular formula is C25H25F3N6O2. The Balaban J connectivity index is 1.34. The number of alkyl halides is 3. The van der Waals surface area contributed by atoms with E-state index < -0.39 is 11.7 Å². The molecular weight excluding hydrogens is 473 g/mol. The molecule has 0 aliphatic carbocycles. The molecule has 4 heterocycles. The van der Waals surface area contributed by atoms with Crippen LogP contribution in [0.2, 0.25) is 0 Å². The Morgan fingerprint density at radius 3 is 2.67 bits per heavy atom. The van der Waals surface area contributed by atoms with Crippen LogP contribution in [0.5, 0.6) is 5.75 Å². The molecule has 188 valence electrons. The number of hydrogen-bond donors (Lipinski definition) is 0. The van der Waals surface area contributed by atoms with Crippen molar-refractivity contribution in [1.29, 1.82) is 5.26 Å². The van der Waals surface area contributed by atoms with E-state index in [1.165, 1.54) is 12.1 Å². The van der Waals surface area contributed by atoms with Crippen LogP contribution in [0, 0.1) is 17.2 Å². The Hall–Kier alpha value is -3.65. The van der Waals surface area contributed by atoms with E-state index in [9.17, 15) is 23.2 Å². The Morgan fingerprint density at radius 1 is 1.22 bits per heavy atom. The first-order valence-electron chi connectivity index (χ1n) is 11.7. The average Bonchev–Trinajstić information content (AvgIpc) is 3.42. The van der Waals surface area contributed by atoms with Crippen molar-refractivity contribution < 1.29 is 22.7 Å². The zero-order chi connectivity index (χ0) is 25.6. The van der Waals surface area contributed by atoms with E-state index in [0.717, 1.165) is 25.5 Å². The first-order chi connectivity index (χ1) is 17.2. The van der Waals surface area contributed by atoms with Gasteiger partial charge in [-0.25, -0.2) is 9.97 Å². The van der Waals surface area contributed by atoms with Gasteiger partial charge in [-0.1, -0.05) is 0 Å². The predicted molar refractivity (Wildman–Crippen MR) is 125 cm³/mol. The fraction of sp³-hybridized carbons (Fsp3) is 0.440. The SMILES string of the molecule is CN1CCCC1C(=O)N1CC(COc2ccc(-c3nc(C#N)nc4c3ccn4C)cc2C(F)(F)F)C1. The molecule has 0 N–H and O–H groups in total. The number of likely N-dealkylation sites (tertiary alicyclic amines) is 2. The minimum atomic E-state index is -4.65. The summed E-state index contributed by atoms with van der Waals surface area (Å²) in [5, 5.41) is 9.84. The van der Waals surface area contributed by atoms with Crippen LogP contribution in [0.4, 0.5) is 13.2 Å². The van der Waals surface area contributed by atoms with Crippen molar-refractivity contribution in [3.63, 3.8) is 0 Å². The molecule has 2 aromatic heterocycles. The van der Waals surface area contributed by atoms with E-state index in [1.54, 1.807) is 28.8 Å². The number of carbonyl (C=O) groups excluding carboxylic acids is 1. The molecule has 2 aliphatic heterocycles. The van der Waals surface area contributed by atoms with Crippen LogP contribution in [-0.2, 0) is 18.0 Å². The third-order valence-electron chi connectivity index (χ3n) is 6.93. The topological polar surface area (TPSA) is 87.3 Å². The van der Waals surface area contributed by atoms with E-state index in [1.807, 2.05) is 18.0 Å². The van der Waals surface area contributed by atoms with Crippen LogP contribution >= 0.6 is 0 Å². The molecule has 1 atom stereocenters. The van der Waals surface area contributed by atoms with Crippen molar-refractivity contribution in [2.24, 2.45) is 13.0 Å². The number of aryl methyl sites for hydroxylation is 1. The molecule has 8 nitrogen and oxygen atoms in total. The molecule has 36 heavy (non-hydrogen) atoms. The number of nitriles is 1. The van der Waals surface area contributed by atoms with E-state index >= 15 is 0 Å². The summed E-state index contributed by atoms with van der Waals surface area (Å²) in [5.74, 6) is -0.336. The first kappa shape index (κ1) is 24.1. The number of rotatable bonds is 5. The summed E-state index contributed by atoms with van der Waals surface area (Å²) in [6, 6.07) is 7.26. The maximum atomic E-state index is 14.0. The number of amides is 1. The fourth-order valence-corrected chi connectivity index (χ4v) is 4.93. The van der Waals surface area contributed by atoms with Gasteiger partial charge in [0.05, 0.1) is 23.9 Å². The van der Waals surface area contributed by atoms with Crippen molar-refractivity contribution in [3.8, 4) is 23.1 Å². The van der Waals surface area contributed by atoms with Crippen LogP contribution in [0.1, 0.15) is 24.2 Å². The number of halogens is 3. The van der Waals surface area contributed by atoms with Gasteiger partial charge in [0.25, 0.3) is 0 Å². The molecule has 2 saturated heterocycles. The van der Waals surface area contributed by atoms with Gasteiger partial charge in [-0.3, -0.25) is 9.69 Å². The number of ether oxygens (including phenoxy) is 1. The third-order valence-corrected chi connectivity index (χ3v) is 6.93. The lowest BCUT2D eigenvalue weighted by Gasteiger charge is -2.41. The summed E-state index contributed by atoms with van der Waals surface area (Å²) in [6.45, 7) is 1.94. The van der Waals surface area contributed by atoms with Crippen LogP contribution in [0.3, 0.4) is 0 Å². The number of carbonyl (C=O) groups is 1. The lowest BCUT2D eigenvalue weighted by Crippen LogP contribution is -2.56. The molecule has 1 unspecified atom stereocenters. The Labute approximate surface area is 205 Å². The van der Waals surface area contributed by atoms with E-state index in [-0.39, 0.29) is 47.3 Å². The highest BCUT2D eigenvalue weighted by Crippen LogP contribution is 2.40. The van der Waals surface area contributed by atoms with Gasteiger partial charge in [-0.05, 0) is 50.7 Å². The van der Waals surface area contributed by atoms with Crippen LogP contribution < -0.4 is 4.74 Å². The van der Waals surface area contributed by atoms with Gasteiger partial charge >= 0.3 is 6.18 Å². The average molecular weight is 499 g/mol. The van der Waals surface area contributed by atoms with Gasteiger partial charge in [-0.2, -0.15) is 18.4 Å². The summed E-state index contributed by atoms with van der Waals surface area (Å²) < 4.78 is 49.2. The predicted octanol–water partition coefficient (Wildman–Crippen LogP) is 3.46. The number of fused-ring (bicyclic) bond motifs is 1.